The SMILES string of the molecule is CNC(=O)C=NOCc1ccccc1C(C)OC(=O)Nc1ccccc1F. The van der Waals surface area contributed by atoms with Crippen molar-refractivity contribution in [3.05, 3.63) is 65.5 Å². The second-order valence-corrected chi connectivity index (χ2v) is 5.47. The summed E-state index contributed by atoms with van der Waals surface area (Å²) in [4.78, 5) is 28.2. The fraction of sp³-hybridized carbons (Fsp3) is 0.211. The van der Waals surface area contributed by atoms with Gasteiger partial charge in [0.25, 0.3) is 5.91 Å². The molecule has 0 saturated heterocycles. The van der Waals surface area contributed by atoms with Crippen LogP contribution in [-0.2, 0) is 21.0 Å². The Bertz CT molecular complexity index is 826. The topological polar surface area (TPSA) is 89.0 Å². The van der Waals surface area contributed by atoms with E-state index < -0.39 is 18.0 Å². The zero-order valence-corrected chi connectivity index (χ0v) is 14.9. The van der Waals surface area contributed by atoms with E-state index in [1.807, 2.05) is 0 Å². The van der Waals surface area contributed by atoms with Gasteiger partial charge in [-0.05, 0) is 30.2 Å². The fourth-order valence-electron chi connectivity index (χ4n) is 2.24. The summed E-state index contributed by atoms with van der Waals surface area (Å²) in [6.45, 7) is 1.78. The van der Waals surface area contributed by atoms with Crippen LogP contribution in [0.1, 0.15) is 24.2 Å². The van der Waals surface area contributed by atoms with Crippen molar-refractivity contribution in [2.24, 2.45) is 5.16 Å². The molecule has 0 aliphatic carbocycles. The Hall–Kier alpha value is -3.42. The predicted octanol–water partition coefficient (Wildman–Crippen LogP) is 3.38. The highest BCUT2D eigenvalue weighted by Gasteiger charge is 2.16. The summed E-state index contributed by atoms with van der Waals surface area (Å²) in [6, 6.07) is 13.0. The van der Waals surface area contributed by atoms with Gasteiger partial charge in [-0.15, -0.1) is 0 Å². The lowest BCUT2D eigenvalue weighted by Crippen LogP contribution is -2.18. The standard InChI is InChI=1S/C19H20FN3O4/c1-13(27-19(25)23-17-10-6-5-9-16(17)20)15-8-4-3-7-14(15)12-26-22-11-18(24)21-2/h3-11,13H,12H2,1-2H3,(H,21,24)(H,23,25). The Labute approximate surface area is 156 Å². The quantitative estimate of drug-likeness (QED) is 0.575. The van der Waals surface area contributed by atoms with Crippen LogP contribution < -0.4 is 10.6 Å². The molecule has 1 unspecified atom stereocenters. The van der Waals surface area contributed by atoms with Crippen LogP contribution in [0.15, 0.2) is 53.7 Å². The van der Waals surface area contributed by atoms with E-state index in [-0.39, 0.29) is 18.2 Å². The number of hydrogen-bond donors (Lipinski definition) is 2. The van der Waals surface area contributed by atoms with Crippen molar-refractivity contribution >= 4 is 23.9 Å². The molecule has 0 aliphatic rings. The first-order valence-electron chi connectivity index (χ1n) is 8.18. The molecule has 2 N–H and O–H groups in total. The molecule has 0 radical (unpaired) electrons. The number of anilines is 1. The molecule has 0 spiro atoms. The van der Waals surface area contributed by atoms with E-state index in [9.17, 15) is 14.0 Å². The van der Waals surface area contributed by atoms with Gasteiger partial charge in [0.05, 0.1) is 5.69 Å². The maximum Gasteiger partial charge on any atom is 0.412 e. The molecule has 0 saturated carbocycles. The van der Waals surface area contributed by atoms with Gasteiger partial charge in [-0.2, -0.15) is 0 Å². The minimum atomic E-state index is -0.777. The van der Waals surface area contributed by atoms with Gasteiger partial charge in [-0.1, -0.05) is 41.6 Å². The van der Waals surface area contributed by atoms with Crippen LogP contribution in [0.25, 0.3) is 0 Å². The first-order valence-corrected chi connectivity index (χ1v) is 8.18. The molecule has 142 valence electrons. The zero-order chi connectivity index (χ0) is 19.6. The molecule has 1 atom stereocenters. The van der Waals surface area contributed by atoms with Crippen molar-refractivity contribution in [3.63, 3.8) is 0 Å². The first kappa shape index (κ1) is 19.9. The van der Waals surface area contributed by atoms with Crippen molar-refractivity contribution in [2.45, 2.75) is 19.6 Å². The number of carbonyl (C=O) groups excluding carboxylic acids is 2. The van der Waals surface area contributed by atoms with Crippen LogP contribution >= 0.6 is 0 Å². The third kappa shape index (κ3) is 6.10. The summed E-state index contributed by atoms with van der Waals surface area (Å²) in [7, 11) is 1.48. The lowest BCUT2D eigenvalue weighted by atomic mass is 10.0. The molecule has 2 amide bonds. The number of carbonyl (C=O) groups is 2. The number of amides is 2. The Morgan fingerprint density at radius 1 is 1.19 bits per heavy atom. The van der Waals surface area contributed by atoms with E-state index in [0.29, 0.717) is 5.56 Å². The summed E-state index contributed by atoms with van der Waals surface area (Å²) in [5.41, 5.74) is 1.48. The summed E-state index contributed by atoms with van der Waals surface area (Å²) >= 11 is 0. The highest BCUT2D eigenvalue weighted by atomic mass is 19.1. The third-order valence-electron chi connectivity index (χ3n) is 3.60. The predicted molar refractivity (Wildman–Crippen MR) is 98.7 cm³/mol. The second kappa shape index (κ2) is 9.91. The van der Waals surface area contributed by atoms with Gasteiger partial charge < -0.3 is 14.9 Å². The van der Waals surface area contributed by atoms with Crippen molar-refractivity contribution in [3.8, 4) is 0 Å². The van der Waals surface area contributed by atoms with Gasteiger partial charge in [0.2, 0.25) is 0 Å². The number of rotatable bonds is 7. The lowest BCUT2D eigenvalue weighted by molar-refractivity contribution is -0.114. The van der Waals surface area contributed by atoms with Crippen LogP contribution in [0.5, 0.6) is 0 Å². The first-order chi connectivity index (χ1) is 13.0. The maximum absolute atomic E-state index is 13.6. The molecule has 7 nitrogen and oxygen atoms in total. The van der Waals surface area contributed by atoms with Crippen LogP contribution in [0.2, 0.25) is 0 Å². The van der Waals surface area contributed by atoms with E-state index in [0.717, 1.165) is 11.8 Å². The van der Waals surface area contributed by atoms with Gasteiger partial charge in [-0.3, -0.25) is 10.1 Å². The molecule has 0 heterocycles. The average molecular weight is 373 g/mol. The largest absolute Gasteiger partial charge is 0.441 e. The summed E-state index contributed by atoms with van der Waals surface area (Å²) in [5.74, 6) is -0.935. The number of benzene rings is 2. The maximum atomic E-state index is 13.6. The number of hydrogen-bond acceptors (Lipinski definition) is 5. The van der Waals surface area contributed by atoms with Crippen LogP contribution in [-0.4, -0.2) is 25.3 Å². The fourth-order valence-corrected chi connectivity index (χ4v) is 2.24. The van der Waals surface area contributed by atoms with Gasteiger partial charge in [0.15, 0.2) is 0 Å². The summed E-state index contributed by atoms with van der Waals surface area (Å²) in [5, 5.41) is 8.31. The van der Waals surface area contributed by atoms with Gasteiger partial charge in [0, 0.05) is 7.05 Å². The normalized spacial score (nSPS) is 11.7. The summed E-state index contributed by atoms with van der Waals surface area (Å²) in [6.07, 6.45) is -0.370. The van der Waals surface area contributed by atoms with Crippen molar-refractivity contribution in [2.75, 3.05) is 12.4 Å². The van der Waals surface area contributed by atoms with Crippen molar-refractivity contribution in [1.82, 2.24) is 5.32 Å². The van der Waals surface area contributed by atoms with E-state index in [4.69, 9.17) is 9.57 Å². The molecule has 8 heteroatoms. The minimum Gasteiger partial charge on any atom is -0.441 e. The molecule has 2 aromatic rings. The van der Waals surface area contributed by atoms with Crippen molar-refractivity contribution in [1.29, 1.82) is 0 Å². The Morgan fingerprint density at radius 2 is 1.89 bits per heavy atom. The molecule has 27 heavy (non-hydrogen) atoms. The average Bonchev–Trinajstić information content (AvgIpc) is 2.67. The van der Waals surface area contributed by atoms with Gasteiger partial charge >= 0.3 is 6.09 Å². The molecular formula is C19H20FN3O4. The molecule has 2 aromatic carbocycles. The molecular weight excluding hydrogens is 353 g/mol. The second-order valence-electron chi connectivity index (χ2n) is 5.47. The zero-order valence-electron chi connectivity index (χ0n) is 14.9. The third-order valence-corrected chi connectivity index (χ3v) is 3.60. The smallest absolute Gasteiger partial charge is 0.412 e. The summed E-state index contributed by atoms with van der Waals surface area (Å²) < 4.78 is 18.9. The van der Waals surface area contributed by atoms with Crippen LogP contribution in [0.4, 0.5) is 14.9 Å². The Morgan fingerprint density at radius 3 is 2.63 bits per heavy atom. The number of ether oxygens (including phenoxy) is 1. The molecule has 2 rings (SSSR count). The van der Waals surface area contributed by atoms with E-state index in [2.05, 4.69) is 15.8 Å². The van der Waals surface area contributed by atoms with E-state index in [1.54, 1.807) is 37.3 Å². The van der Waals surface area contributed by atoms with Gasteiger partial charge in [-0.25, -0.2) is 9.18 Å². The lowest BCUT2D eigenvalue weighted by Gasteiger charge is -2.17. The van der Waals surface area contributed by atoms with E-state index in [1.165, 1.54) is 25.2 Å². The monoisotopic (exact) mass is 373 g/mol. The van der Waals surface area contributed by atoms with Crippen LogP contribution in [0.3, 0.4) is 0 Å². The molecule has 0 aromatic heterocycles. The number of nitrogens with zero attached hydrogens (tertiary/aromatic N) is 1. The minimum absolute atomic E-state index is 0.0369. The Kier molecular flexibility index (Phi) is 7.30. The number of oxime groups is 1. The number of halogens is 1. The van der Waals surface area contributed by atoms with Gasteiger partial charge in [0.1, 0.15) is 24.7 Å². The highest BCUT2D eigenvalue weighted by Crippen LogP contribution is 2.23. The highest BCUT2D eigenvalue weighted by molar-refractivity contribution is 6.25. The molecule has 0 bridgehead atoms. The Balaban J connectivity index is 1.98. The number of para-hydroxylation sites is 1. The molecule has 0 fully saturated rings. The van der Waals surface area contributed by atoms with Crippen LogP contribution in [0, 0.1) is 5.82 Å². The molecule has 0 aliphatic heterocycles. The van der Waals surface area contributed by atoms with Crippen molar-refractivity contribution < 1.29 is 23.6 Å². The number of nitrogens with one attached hydrogen (secondary N) is 2. The van der Waals surface area contributed by atoms with E-state index >= 15 is 0 Å².